The Morgan fingerprint density at radius 1 is 1.14 bits per heavy atom. The third kappa shape index (κ3) is 11.5. The summed E-state index contributed by atoms with van der Waals surface area (Å²) in [7, 11) is 0. The molecule has 0 aromatic rings. The summed E-state index contributed by atoms with van der Waals surface area (Å²) in [6, 6.07) is 0. The lowest BCUT2D eigenvalue weighted by atomic mass is 9.60. The molecular formula is C38H65NO4. The van der Waals surface area contributed by atoms with Gasteiger partial charge in [0.15, 0.2) is 0 Å². The summed E-state index contributed by atoms with van der Waals surface area (Å²) in [6.07, 6.45) is 21.2. The van der Waals surface area contributed by atoms with Gasteiger partial charge < -0.3 is 19.9 Å². The molecule has 246 valence electrons. The fourth-order valence-electron chi connectivity index (χ4n) is 8.17. The maximum Gasteiger partial charge on any atom is 0.222 e. The minimum absolute atomic E-state index is 0.0328. The van der Waals surface area contributed by atoms with Gasteiger partial charge in [0.1, 0.15) is 0 Å². The van der Waals surface area contributed by atoms with Crippen molar-refractivity contribution in [3.8, 4) is 0 Å². The summed E-state index contributed by atoms with van der Waals surface area (Å²) in [4.78, 5) is 12.2. The number of hydrogen-bond donors (Lipinski definition) is 2. The number of carbonyl (C=O) groups is 1. The molecule has 0 aromatic heterocycles. The smallest absolute Gasteiger partial charge is 0.222 e. The van der Waals surface area contributed by atoms with Crippen molar-refractivity contribution in [2.75, 3.05) is 19.8 Å². The lowest BCUT2D eigenvalue weighted by Gasteiger charge is -2.44. The van der Waals surface area contributed by atoms with E-state index in [1.807, 2.05) is 20.8 Å². The van der Waals surface area contributed by atoms with Crippen LogP contribution < -0.4 is 5.32 Å². The van der Waals surface area contributed by atoms with Gasteiger partial charge in [0, 0.05) is 19.8 Å². The molecule has 0 heterocycles. The molecule has 3 aliphatic carbocycles. The predicted octanol–water partition coefficient (Wildman–Crippen LogP) is 8.86. The van der Waals surface area contributed by atoms with E-state index in [0.717, 1.165) is 63.9 Å². The van der Waals surface area contributed by atoms with Gasteiger partial charge in [-0.05, 0) is 120 Å². The Morgan fingerprint density at radius 2 is 1.93 bits per heavy atom. The molecule has 5 nitrogen and oxygen atoms in total. The van der Waals surface area contributed by atoms with Crippen LogP contribution in [0.15, 0.2) is 35.5 Å². The summed E-state index contributed by atoms with van der Waals surface area (Å²) in [5.41, 5.74) is 4.13. The number of allylic oxidation sites excluding steroid dienone is 4. The third-order valence-corrected chi connectivity index (χ3v) is 10.7. The molecule has 0 spiro atoms. The Kier molecular flexibility index (Phi) is 14.5. The highest BCUT2D eigenvalue weighted by Crippen LogP contribution is 2.60. The van der Waals surface area contributed by atoms with E-state index >= 15 is 0 Å². The van der Waals surface area contributed by atoms with Crippen molar-refractivity contribution in [2.45, 2.75) is 156 Å². The van der Waals surface area contributed by atoms with Crippen molar-refractivity contribution >= 4 is 5.91 Å². The SMILES string of the molecule is C=C1CC[C@H](OCCCNC(=O)CC(C)OCCCC)C/C1=C/C=C1\CCC[C@]2(C)[C@@H]([C@H](C)CCCC(C)(C)O)CC[C@@H]12. The number of ether oxygens (including phenoxy) is 2. The van der Waals surface area contributed by atoms with Crippen LogP contribution in [0.25, 0.3) is 0 Å². The van der Waals surface area contributed by atoms with Gasteiger partial charge in [-0.2, -0.15) is 0 Å². The summed E-state index contributed by atoms with van der Waals surface area (Å²) < 4.78 is 12.0. The predicted molar refractivity (Wildman–Crippen MR) is 179 cm³/mol. The van der Waals surface area contributed by atoms with E-state index in [2.05, 4.69) is 44.8 Å². The number of nitrogens with one attached hydrogen (secondary N) is 1. The molecule has 43 heavy (non-hydrogen) atoms. The largest absolute Gasteiger partial charge is 0.390 e. The topological polar surface area (TPSA) is 67.8 Å². The number of fused-ring (bicyclic) bond motifs is 1. The minimum atomic E-state index is -0.553. The maximum absolute atomic E-state index is 12.2. The molecule has 1 amide bonds. The molecule has 0 bridgehead atoms. The van der Waals surface area contributed by atoms with E-state index in [1.54, 1.807) is 5.57 Å². The first-order valence-electron chi connectivity index (χ1n) is 17.7. The zero-order valence-electron chi connectivity index (χ0n) is 28.6. The number of amides is 1. The number of rotatable bonds is 17. The van der Waals surface area contributed by atoms with Crippen LogP contribution in [0, 0.1) is 23.2 Å². The van der Waals surface area contributed by atoms with Crippen LogP contribution >= 0.6 is 0 Å². The molecule has 1 unspecified atom stereocenters. The van der Waals surface area contributed by atoms with Crippen LogP contribution in [-0.2, 0) is 14.3 Å². The standard InChI is InChI=1S/C38H65NO4/c1-8-9-24-42-30(4)26-36(40)39-23-12-25-43-33-18-15-28(2)32(27-33)17-16-31-14-11-22-38(7)34(19-20-35(31)38)29(3)13-10-21-37(5,6)41/h16-17,29-30,33-35,41H,2,8-15,18-27H2,1,3-7H3,(H,39,40)/b31-16+,32-17-/t29-,30?,33+,34-,35+,38-/m1/s1. The Hall–Kier alpha value is -1.43. The average Bonchev–Trinajstić information content (AvgIpc) is 3.30. The molecule has 0 radical (unpaired) electrons. The molecule has 6 atom stereocenters. The normalized spacial score (nSPS) is 29.6. The Morgan fingerprint density at radius 3 is 2.67 bits per heavy atom. The summed E-state index contributed by atoms with van der Waals surface area (Å²) in [6.45, 7) is 19.5. The van der Waals surface area contributed by atoms with E-state index in [9.17, 15) is 9.90 Å². The van der Waals surface area contributed by atoms with Crippen molar-refractivity contribution in [1.82, 2.24) is 5.32 Å². The Bertz CT molecular complexity index is 946. The highest BCUT2D eigenvalue weighted by atomic mass is 16.5. The first-order valence-corrected chi connectivity index (χ1v) is 17.7. The molecule has 0 aliphatic heterocycles. The highest BCUT2D eigenvalue weighted by molar-refractivity contribution is 5.76. The number of unbranched alkanes of at least 4 members (excludes halogenated alkanes) is 1. The molecule has 3 fully saturated rings. The van der Waals surface area contributed by atoms with Gasteiger partial charge in [-0.3, -0.25) is 4.79 Å². The second kappa shape index (κ2) is 17.3. The fourth-order valence-corrected chi connectivity index (χ4v) is 8.17. The summed E-state index contributed by atoms with van der Waals surface area (Å²) in [5.74, 6) is 2.26. The van der Waals surface area contributed by atoms with Crippen LogP contribution in [0.1, 0.15) is 138 Å². The monoisotopic (exact) mass is 599 g/mol. The third-order valence-electron chi connectivity index (χ3n) is 10.7. The van der Waals surface area contributed by atoms with Crippen LogP contribution in [0.3, 0.4) is 0 Å². The van der Waals surface area contributed by atoms with Gasteiger partial charge in [0.2, 0.25) is 5.91 Å². The zero-order chi connectivity index (χ0) is 31.5. The zero-order valence-corrected chi connectivity index (χ0v) is 28.6. The molecule has 0 aromatic carbocycles. The molecule has 3 rings (SSSR count). The second-order valence-corrected chi connectivity index (χ2v) is 15.0. The molecular weight excluding hydrogens is 534 g/mol. The lowest BCUT2D eigenvalue weighted by molar-refractivity contribution is -0.123. The van der Waals surface area contributed by atoms with Crippen molar-refractivity contribution in [3.05, 3.63) is 35.5 Å². The highest BCUT2D eigenvalue weighted by Gasteiger charge is 2.50. The number of aliphatic hydroxyl groups is 1. The first kappa shape index (κ1) is 36.0. The average molecular weight is 600 g/mol. The van der Waals surface area contributed by atoms with E-state index in [0.29, 0.717) is 36.8 Å². The Balaban J connectivity index is 1.45. The van der Waals surface area contributed by atoms with Crippen LogP contribution in [-0.4, -0.2) is 48.6 Å². The fraction of sp³-hybridized carbons (Fsp3) is 0.816. The molecule has 2 N–H and O–H groups in total. The molecule has 0 saturated heterocycles. The van der Waals surface area contributed by atoms with Gasteiger partial charge >= 0.3 is 0 Å². The van der Waals surface area contributed by atoms with E-state index < -0.39 is 5.60 Å². The van der Waals surface area contributed by atoms with Crippen LogP contribution in [0.5, 0.6) is 0 Å². The van der Waals surface area contributed by atoms with Gasteiger partial charge in [0.25, 0.3) is 0 Å². The summed E-state index contributed by atoms with van der Waals surface area (Å²) >= 11 is 0. The maximum atomic E-state index is 12.2. The minimum Gasteiger partial charge on any atom is -0.390 e. The second-order valence-electron chi connectivity index (χ2n) is 15.0. The van der Waals surface area contributed by atoms with E-state index in [-0.39, 0.29) is 18.1 Å². The van der Waals surface area contributed by atoms with Crippen molar-refractivity contribution in [1.29, 1.82) is 0 Å². The van der Waals surface area contributed by atoms with E-state index in [1.165, 1.54) is 49.7 Å². The first-order chi connectivity index (χ1) is 20.4. The van der Waals surface area contributed by atoms with Crippen LogP contribution in [0.4, 0.5) is 0 Å². The Labute approximate surface area is 264 Å². The summed E-state index contributed by atoms with van der Waals surface area (Å²) in [5, 5.41) is 13.2. The van der Waals surface area contributed by atoms with Gasteiger partial charge in [-0.15, -0.1) is 0 Å². The van der Waals surface area contributed by atoms with Crippen molar-refractivity contribution in [3.63, 3.8) is 0 Å². The van der Waals surface area contributed by atoms with E-state index in [4.69, 9.17) is 9.47 Å². The molecule has 5 heteroatoms. The van der Waals surface area contributed by atoms with Gasteiger partial charge in [-0.25, -0.2) is 0 Å². The molecule has 3 aliphatic rings. The van der Waals surface area contributed by atoms with Crippen LogP contribution in [0.2, 0.25) is 0 Å². The quantitative estimate of drug-likeness (QED) is 0.164. The van der Waals surface area contributed by atoms with Crippen molar-refractivity contribution < 1.29 is 19.4 Å². The molecule has 3 saturated carbocycles. The number of carbonyl (C=O) groups excluding carboxylic acids is 1. The lowest BCUT2D eigenvalue weighted by Crippen LogP contribution is -2.36. The number of hydrogen-bond acceptors (Lipinski definition) is 4. The van der Waals surface area contributed by atoms with Crippen molar-refractivity contribution in [2.24, 2.45) is 23.2 Å². The van der Waals surface area contributed by atoms with Gasteiger partial charge in [0.05, 0.1) is 24.2 Å². The van der Waals surface area contributed by atoms with Gasteiger partial charge in [-0.1, -0.05) is 69.9 Å².